The van der Waals surface area contributed by atoms with Crippen molar-refractivity contribution >= 4 is 33.6 Å². The lowest BCUT2D eigenvalue weighted by Crippen LogP contribution is -2.38. The normalized spacial score (nSPS) is 18.9. The molecule has 1 aliphatic carbocycles. The molecular formula is C18H19F3IN5. The van der Waals surface area contributed by atoms with Gasteiger partial charge in [-0.1, -0.05) is 5.21 Å². The topological polar surface area (TPSA) is 48.5 Å². The van der Waals surface area contributed by atoms with Gasteiger partial charge < -0.3 is 4.57 Å². The maximum absolute atomic E-state index is 15.2. The van der Waals surface area contributed by atoms with Crippen molar-refractivity contribution in [1.82, 2.24) is 24.5 Å². The van der Waals surface area contributed by atoms with Gasteiger partial charge in [-0.15, -0.1) is 5.10 Å². The molecule has 0 aromatic carbocycles. The number of aromatic nitrogens is 5. The van der Waals surface area contributed by atoms with Crippen molar-refractivity contribution in [3.63, 3.8) is 0 Å². The predicted molar refractivity (Wildman–Crippen MR) is 104 cm³/mol. The molecule has 3 aromatic heterocycles. The number of aryl methyl sites for hydroxylation is 2. The first kappa shape index (κ1) is 18.7. The Morgan fingerprint density at radius 3 is 2.52 bits per heavy atom. The number of nitrogens with zero attached hydrogens (tertiary/aromatic N) is 5. The monoisotopic (exact) mass is 489 g/mol. The van der Waals surface area contributed by atoms with E-state index in [2.05, 4.69) is 37.9 Å². The highest BCUT2D eigenvalue weighted by atomic mass is 127. The summed E-state index contributed by atoms with van der Waals surface area (Å²) in [6, 6.07) is 1.94. The second-order valence-corrected chi connectivity index (χ2v) is 8.51. The Balaban J connectivity index is 1.72. The lowest BCUT2D eigenvalue weighted by atomic mass is 9.84. The number of alkyl halides is 3. The third-order valence-corrected chi connectivity index (χ3v) is 6.06. The van der Waals surface area contributed by atoms with Crippen molar-refractivity contribution in [1.29, 1.82) is 0 Å². The van der Waals surface area contributed by atoms with Crippen LogP contribution in [-0.2, 0) is 13.6 Å². The summed E-state index contributed by atoms with van der Waals surface area (Å²) in [5.41, 5.74) is 2.40. The minimum absolute atomic E-state index is 0.0519. The first-order valence-electron chi connectivity index (χ1n) is 8.75. The molecule has 0 saturated heterocycles. The van der Waals surface area contributed by atoms with Crippen LogP contribution in [0.3, 0.4) is 0 Å². The standard InChI is InChI=1S/C18H19F3IN5/c1-11-16(26(2)25-24-11)12-7-14-15(23-8-12)13(22)9-27(14)10-17(19)3-5-18(20,21)6-4-17/h7-9H,3-6,10H2,1-2H3. The van der Waals surface area contributed by atoms with Crippen LogP contribution < -0.4 is 0 Å². The molecule has 1 aliphatic rings. The largest absolute Gasteiger partial charge is 0.342 e. The lowest BCUT2D eigenvalue weighted by Gasteiger charge is -2.34. The zero-order valence-corrected chi connectivity index (χ0v) is 17.2. The molecule has 5 nitrogen and oxygen atoms in total. The fraction of sp³-hybridized carbons (Fsp3) is 0.500. The van der Waals surface area contributed by atoms with Gasteiger partial charge in [-0.3, -0.25) is 4.98 Å². The van der Waals surface area contributed by atoms with Crippen LogP contribution in [0.15, 0.2) is 18.5 Å². The number of rotatable bonds is 3. The van der Waals surface area contributed by atoms with E-state index in [0.29, 0.717) is 0 Å². The lowest BCUT2D eigenvalue weighted by molar-refractivity contribution is -0.0791. The average Bonchev–Trinajstić information content (AvgIpc) is 3.10. The van der Waals surface area contributed by atoms with Crippen LogP contribution in [-0.4, -0.2) is 36.1 Å². The molecule has 9 heteroatoms. The molecule has 0 aliphatic heterocycles. The second kappa shape index (κ2) is 6.46. The van der Waals surface area contributed by atoms with E-state index in [1.54, 1.807) is 22.5 Å². The second-order valence-electron chi connectivity index (χ2n) is 7.35. The fourth-order valence-electron chi connectivity index (χ4n) is 3.77. The third kappa shape index (κ3) is 3.45. The van der Waals surface area contributed by atoms with Crippen molar-refractivity contribution < 1.29 is 13.2 Å². The van der Waals surface area contributed by atoms with Crippen molar-refractivity contribution in [3.8, 4) is 11.3 Å². The zero-order chi connectivity index (χ0) is 19.4. The molecule has 1 fully saturated rings. The quantitative estimate of drug-likeness (QED) is 0.503. The highest BCUT2D eigenvalue weighted by molar-refractivity contribution is 14.1. The Morgan fingerprint density at radius 2 is 1.89 bits per heavy atom. The molecule has 3 aromatic rings. The van der Waals surface area contributed by atoms with E-state index in [9.17, 15) is 8.78 Å². The van der Waals surface area contributed by atoms with E-state index in [1.165, 1.54) is 0 Å². The van der Waals surface area contributed by atoms with Gasteiger partial charge in [-0.25, -0.2) is 17.9 Å². The van der Waals surface area contributed by atoms with E-state index in [-0.39, 0.29) is 19.4 Å². The summed E-state index contributed by atoms with van der Waals surface area (Å²) in [5, 5.41) is 8.08. The van der Waals surface area contributed by atoms with Crippen molar-refractivity contribution in [2.45, 2.75) is 50.7 Å². The molecular weight excluding hydrogens is 470 g/mol. The summed E-state index contributed by atoms with van der Waals surface area (Å²) in [7, 11) is 1.81. The molecule has 0 radical (unpaired) electrons. The minimum atomic E-state index is -2.75. The Kier molecular flexibility index (Phi) is 4.47. The van der Waals surface area contributed by atoms with Gasteiger partial charge in [0, 0.05) is 37.8 Å². The number of fused-ring (bicyclic) bond motifs is 1. The first-order chi connectivity index (χ1) is 12.7. The van der Waals surface area contributed by atoms with E-state index in [1.807, 2.05) is 19.2 Å². The molecule has 3 heterocycles. The van der Waals surface area contributed by atoms with Crippen molar-refractivity contribution in [2.75, 3.05) is 0 Å². The number of halogens is 4. The first-order valence-corrected chi connectivity index (χ1v) is 9.83. The molecule has 0 bridgehead atoms. The summed E-state index contributed by atoms with van der Waals surface area (Å²) in [6.45, 7) is 1.92. The van der Waals surface area contributed by atoms with Gasteiger partial charge in [-0.05, 0) is 48.4 Å². The SMILES string of the molecule is Cc1nnn(C)c1-c1cnc2c(I)cn(CC3(F)CCC(F)(F)CC3)c2c1. The smallest absolute Gasteiger partial charge is 0.248 e. The van der Waals surface area contributed by atoms with E-state index < -0.39 is 24.4 Å². The van der Waals surface area contributed by atoms with Gasteiger partial charge in [0.15, 0.2) is 0 Å². The van der Waals surface area contributed by atoms with Crippen LogP contribution in [0.1, 0.15) is 31.4 Å². The van der Waals surface area contributed by atoms with E-state index in [0.717, 1.165) is 31.6 Å². The predicted octanol–water partition coefficient (Wildman–Crippen LogP) is 4.66. The summed E-state index contributed by atoms with van der Waals surface area (Å²) < 4.78 is 46.5. The molecule has 4 rings (SSSR count). The number of hydrogen-bond acceptors (Lipinski definition) is 3. The molecule has 27 heavy (non-hydrogen) atoms. The average molecular weight is 489 g/mol. The summed E-state index contributed by atoms with van der Waals surface area (Å²) in [4.78, 5) is 4.54. The van der Waals surface area contributed by atoms with Crippen molar-refractivity contribution in [2.24, 2.45) is 7.05 Å². The van der Waals surface area contributed by atoms with Crippen LogP contribution in [0.5, 0.6) is 0 Å². The van der Waals surface area contributed by atoms with Crippen LogP contribution in [0.2, 0.25) is 0 Å². The maximum Gasteiger partial charge on any atom is 0.248 e. The molecule has 1 saturated carbocycles. The van der Waals surface area contributed by atoms with Gasteiger partial charge in [0.1, 0.15) is 11.2 Å². The molecule has 0 N–H and O–H groups in total. The Labute approximate surface area is 168 Å². The Hall–Kier alpha value is -1.65. The Bertz CT molecular complexity index is 981. The fourth-order valence-corrected chi connectivity index (χ4v) is 4.52. The molecule has 0 amide bonds. The zero-order valence-electron chi connectivity index (χ0n) is 15.0. The van der Waals surface area contributed by atoms with Gasteiger partial charge in [0.05, 0.1) is 27.0 Å². The number of hydrogen-bond donors (Lipinski definition) is 0. The summed E-state index contributed by atoms with van der Waals surface area (Å²) in [5.74, 6) is -2.75. The van der Waals surface area contributed by atoms with E-state index in [4.69, 9.17) is 0 Å². The Morgan fingerprint density at radius 1 is 1.19 bits per heavy atom. The summed E-state index contributed by atoms with van der Waals surface area (Å²) >= 11 is 2.17. The third-order valence-electron chi connectivity index (χ3n) is 5.27. The van der Waals surface area contributed by atoms with Gasteiger partial charge >= 0.3 is 0 Å². The maximum atomic E-state index is 15.2. The van der Waals surface area contributed by atoms with Crippen LogP contribution in [0.25, 0.3) is 22.3 Å². The van der Waals surface area contributed by atoms with Crippen LogP contribution in [0.4, 0.5) is 13.2 Å². The van der Waals surface area contributed by atoms with Gasteiger partial charge in [0.25, 0.3) is 0 Å². The molecule has 144 valence electrons. The van der Waals surface area contributed by atoms with Gasteiger partial charge in [-0.2, -0.15) is 0 Å². The molecule has 0 spiro atoms. The highest BCUT2D eigenvalue weighted by Crippen LogP contribution is 2.42. The van der Waals surface area contributed by atoms with E-state index >= 15 is 4.39 Å². The van der Waals surface area contributed by atoms with Crippen LogP contribution in [0, 0.1) is 10.5 Å². The molecule has 0 atom stereocenters. The van der Waals surface area contributed by atoms with Crippen LogP contribution >= 0.6 is 22.6 Å². The molecule has 0 unspecified atom stereocenters. The number of pyridine rings is 1. The van der Waals surface area contributed by atoms with Crippen molar-refractivity contribution in [3.05, 3.63) is 27.7 Å². The van der Waals surface area contributed by atoms with Gasteiger partial charge in [0.2, 0.25) is 5.92 Å². The minimum Gasteiger partial charge on any atom is -0.342 e. The summed E-state index contributed by atoms with van der Waals surface area (Å²) in [6.07, 6.45) is 2.53. The highest BCUT2D eigenvalue weighted by Gasteiger charge is 2.44.